The second kappa shape index (κ2) is 7.68. The van der Waals surface area contributed by atoms with Crippen molar-refractivity contribution in [2.75, 3.05) is 0 Å². The lowest BCUT2D eigenvalue weighted by Crippen LogP contribution is -2.24. The fourth-order valence-corrected chi connectivity index (χ4v) is 2.00. The van der Waals surface area contributed by atoms with Gasteiger partial charge in [-0.3, -0.25) is 0 Å². The van der Waals surface area contributed by atoms with E-state index >= 15 is 0 Å². The SMILES string of the molecule is NC(=O)N/N=C/c1ccc(OCc2ccc(Cl)cc2)c(Cl)c1. The van der Waals surface area contributed by atoms with E-state index in [1.807, 2.05) is 12.1 Å². The molecule has 0 spiro atoms. The van der Waals surface area contributed by atoms with Gasteiger partial charge in [-0.15, -0.1) is 0 Å². The van der Waals surface area contributed by atoms with Crippen molar-refractivity contribution < 1.29 is 9.53 Å². The van der Waals surface area contributed by atoms with Gasteiger partial charge in [0.2, 0.25) is 0 Å². The zero-order valence-electron chi connectivity index (χ0n) is 11.4. The minimum atomic E-state index is -0.731. The zero-order chi connectivity index (χ0) is 15.9. The molecule has 22 heavy (non-hydrogen) atoms. The van der Waals surface area contributed by atoms with E-state index in [-0.39, 0.29) is 0 Å². The molecule has 0 unspecified atom stereocenters. The molecule has 0 aromatic heterocycles. The number of benzene rings is 2. The Kier molecular flexibility index (Phi) is 5.63. The number of halogens is 2. The van der Waals surface area contributed by atoms with Gasteiger partial charge < -0.3 is 10.5 Å². The number of hydrogen-bond acceptors (Lipinski definition) is 3. The van der Waals surface area contributed by atoms with Gasteiger partial charge in [-0.1, -0.05) is 35.3 Å². The summed E-state index contributed by atoms with van der Waals surface area (Å²) in [4.78, 5) is 10.5. The molecule has 0 saturated heterocycles. The fraction of sp³-hybridized carbons (Fsp3) is 0.0667. The van der Waals surface area contributed by atoms with Crippen LogP contribution in [0.25, 0.3) is 0 Å². The number of hydrazone groups is 1. The Bertz CT molecular complexity index is 688. The molecular weight excluding hydrogens is 325 g/mol. The molecule has 0 aliphatic heterocycles. The smallest absolute Gasteiger partial charge is 0.332 e. The molecule has 0 aliphatic carbocycles. The molecule has 0 saturated carbocycles. The Hall–Kier alpha value is -2.24. The molecule has 0 bridgehead atoms. The number of nitrogens with one attached hydrogen (secondary N) is 1. The number of nitrogens with zero attached hydrogens (tertiary/aromatic N) is 1. The van der Waals surface area contributed by atoms with Crippen LogP contribution in [0, 0.1) is 0 Å². The quantitative estimate of drug-likeness (QED) is 0.646. The number of carbonyl (C=O) groups excluding carboxylic acids is 1. The summed E-state index contributed by atoms with van der Waals surface area (Å²) >= 11 is 12.0. The van der Waals surface area contributed by atoms with Crippen LogP contribution in [-0.2, 0) is 6.61 Å². The maximum absolute atomic E-state index is 10.5. The first-order valence-corrected chi connectivity index (χ1v) is 7.05. The summed E-state index contributed by atoms with van der Waals surface area (Å²) in [5.74, 6) is 0.552. The molecule has 0 heterocycles. The van der Waals surface area contributed by atoms with Crippen LogP contribution in [0.1, 0.15) is 11.1 Å². The molecule has 0 fully saturated rings. The Morgan fingerprint density at radius 3 is 2.59 bits per heavy atom. The predicted octanol–water partition coefficient (Wildman–Crippen LogP) is 3.57. The standard InChI is InChI=1S/C15H13Cl2N3O2/c16-12-4-1-10(2-5-12)9-22-14-6-3-11(7-13(14)17)8-19-20-15(18)21/h1-8H,9H2,(H3,18,20,21)/b19-8+. The second-order valence-electron chi connectivity index (χ2n) is 4.34. The number of urea groups is 1. The van der Waals surface area contributed by atoms with Crippen molar-refractivity contribution in [2.24, 2.45) is 10.8 Å². The zero-order valence-corrected chi connectivity index (χ0v) is 12.9. The normalized spacial score (nSPS) is 10.6. The largest absolute Gasteiger partial charge is 0.487 e. The number of primary amides is 1. The van der Waals surface area contributed by atoms with Gasteiger partial charge in [-0.25, -0.2) is 10.2 Å². The molecule has 5 nitrogen and oxygen atoms in total. The summed E-state index contributed by atoms with van der Waals surface area (Å²) in [6, 6.07) is 11.8. The highest BCUT2D eigenvalue weighted by Gasteiger charge is 2.03. The maximum atomic E-state index is 10.5. The molecule has 3 N–H and O–H groups in total. The molecule has 2 amide bonds. The van der Waals surface area contributed by atoms with E-state index < -0.39 is 6.03 Å². The van der Waals surface area contributed by atoms with Crippen LogP contribution in [0.2, 0.25) is 10.0 Å². The van der Waals surface area contributed by atoms with Crippen molar-refractivity contribution >= 4 is 35.4 Å². The summed E-state index contributed by atoms with van der Waals surface area (Å²) < 4.78 is 5.65. The van der Waals surface area contributed by atoms with Crippen LogP contribution in [0.4, 0.5) is 4.79 Å². The highest BCUT2D eigenvalue weighted by atomic mass is 35.5. The van der Waals surface area contributed by atoms with Crippen molar-refractivity contribution in [1.29, 1.82) is 0 Å². The van der Waals surface area contributed by atoms with E-state index in [9.17, 15) is 4.79 Å². The van der Waals surface area contributed by atoms with Crippen LogP contribution in [0.3, 0.4) is 0 Å². The predicted molar refractivity (Wildman–Crippen MR) is 87.5 cm³/mol. The molecule has 2 rings (SSSR count). The van der Waals surface area contributed by atoms with Crippen LogP contribution in [-0.4, -0.2) is 12.2 Å². The first-order chi connectivity index (χ1) is 10.5. The van der Waals surface area contributed by atoms with Gasteiger partial charge in [0.25, 0.3) is 0 Å². The average molecular weight is 338 g/mol. The van der Waals surface area contributed by atoms with Gasteiger partial charge in [-0.05, 0) is 41.5 Å². The minimum absolute atomic E-state index is 0.382. The highest BCUT2D eigenvalue weighted by molar-refractivity contribution is 6.32. The number of amides is 2. The van der Waals surface area contributed by atoms with Gasteiger partial charge >= 0.3 is 6.03 Å². The first kappa shape index (κ1) is 16.1. The van der Waals surface area contributed by atoms with Crippen molar-refractivity contribution in [3.05, 3.63) is 63.6 Å². The molecule has 2 aromatic rings. The minimum Gasteiger partial charge on any atom is -0.487 e. The van der Waals surface area contributed by atoms with Gasteiger partial charge in [-0.2, -0.15) is 5.10 Å². The Labute approximate surface area is 137 Å². The lowest BCUT2D eigenvalue weighted by atomic mass is 10.2. The van der Waals surface area contributed by atoms with Crippen LogP contribution < -0.4 is 15.9 Å². The molecule has 114 valence electrons. The third kappa shape index (κ3) is 4.95. The maximum Gasteiger partial charge on any atom is 0.332 e. The number of rotatable bonds is 5. The van der Waals surface area contributed by atoms with E-state index in [0.29, 0.717) is 28.0 Å². The van der Waals surface area contributed by atoms with E-state index in [2.05, 4.69) is 10.5 Å². The van der Waals surface area contributed by atoms with Crippen LogP contribution in [0.5, 0.6) is 5.75 Å². The van der Waals surface area contributed by atoms with E-state index in [0.717, 1.165) is 5.56 Å². The first-order valence-electron chi connectivity index (χ1n) is 6.30. The van der Waals surface area contributed by atoms with Crippen molar-refractivity contribution in [3.8, 4) is 5.75 Å². The van der Waals surface area contributed by atoms with E-state index in [1.54, 1.807) is 30.3 Å². The van der Waals surface area contributed by atoms with Gasteiger partial charge in [0.05, 0.1) is 11.2 Å². The van der Waals surface area contributed by atoms with Crippen LogP contribution in [0.15, 0.2) is 47.6 Å². The number of nitrogens with two attached hydrogens (primary N) is 1. The number of hydrogen-bond donors (Lipinski definition) is 2. The second-order valence-corrected chi connectivity index (χ2v) is 5.18. The summed E-state index contributed by atoms with van der Waals surface area (Å²) in [6.45, 7) is 0.382. The van der Waals surface area contributed by atoms with Gasteiger partial charge in [0.15, 0.2) is 0 Å². The number of carbonyl (C=O) groups is 1. The van der Waals surface area contributed by atoms with Gasteiger partial charge in [0.1, 0.15) is 12.4 Å². The molecule has 0 aliphatic rings. The van der Waals surface area contributed by atoms with Crippen molar-refractivity contribution in [3.63, 3.8) is 0 Å². The topological polar surface area (TPSA) is 76.7 Å². The summed E-state index contributed by atoms with van der Waals surface area (Å²) in [5, 5.41) is 4.77. The molecule has 0 atom stereocenters. The molecular formula is C15H13Cl2N3O2. The van der Waals surface area contributed by atoms with E-state index in [1.165, 1.54) is 6.21 Å². The monoisotopic (exact) mass is 337 g/mol. The van der Waals surface area contributed by atoms with Crippen molar-refractivity contribution in [1.82, 2.24) is 5.43 Å². The lowest BCUT2D eigenvalue weighted by Gasteiger charge is -2.08. The van der Waals surface area contributed by atoms with Crippen LogP contribution >= 0.6 is 23.2 Å². The van der Waals surface area contributed by atoms with Crippen molar-refractivity contribution in [2.45, 2.75) is 6.61 Å². The highest BCUT2D eigenvalue weighted by Crippen LogP contribution is 2.26. The molecule has 7 heteroatoms. The molecule has 2 aromatic carbocycles. The Morgan fingerprint density at radius 1 is 1.23 bits per heavy atom. The average Bonchev–Trinajstić information content (AvgIpc) is 2.48. The van der Waals surface area contributed by atoms with Gasteiger partial charge in [0, 0.05) is 5.02 Å². The van der Waals surface area contributed by atoms with E-state index in [4.69, 9.17) is 33.7 Å². The Balaban J connectivity index is 1.98. The third-order valence-electron chi connectivity index (χ3n) is 2.65. The third-order valence-corrected chi connectivity index (χ3v) is 3.20. The summed E-state index contributed by atoms with van der Waals surface area (Å²) in [7, 11) is 0. The lowest BCUT2D eigenvalue weighted by molar-refractivity contribution is 0.249. The molecule has 0 radical (unpaired) electrons. The number of ether oxygens (including phenoxy) is 1. The Morgan fingerprint density at radius 2 is 1.95 bits per heavy atom. The fourth-order valence-electron chi connectivity index (χ4n) is 1.63. The summed E-state index contributed by atoms with van der Waals surface area (Å²) in [5.41, 5.74) is 8.69. The summed E-state index contributed by atoms with van der Waals surface area (Å²) in [6.07, 6.45) is 1.43.